The van der Waals surface area contributed by atoms with E-state index in [0.29, 0.717) is 30.8 Å². The Balaban J connectivity index is 1.54. The van der Waals surface area contributed by atoms with Gasteiger partial charge in [-0.3, -0.25) is 0 Å². The summed E-state index contributed by atoms with van der Waals surface area (Å²) in [6.07, 6.45) is -4.54. The zero-order valence-electron chi connectivity index (χ0n) is 14.8. The Morgan fingerprint density at radius 2 is 1.89 bits per heavy atom. The second kappa shape index (κ2) is 8.60. The molecule has 1 heterocycles. The van der Waals surface area contributed by atoms with Crippen molar-refractivity contribution >= 4 is 10.9 Å². The fourth-order valence-corrected chi connectivity index (χ4v) is 2.93. The molecule has 0 unspecified atom stereocenters. The average Bonchev–Trinajstić information content (AvgIpc) is 3.05. The summed E-state index contributed by atoms with van der Waals surface area (Å²) in [4.78, 5) is 2.88. The molecule has 0 radical (unpaired) electrons. The molecule has 0 amide bonds. The molecule has 0 aliphatic heterocycles. The third-order valence-corrected chi connectivity index (χ3v) is 4.27. The Morgan fingerprint density at radius 1 is 1.07 bits per heavy atom. The molecular weight excluding hydrogens is 379 g/mol. The van der Waals surface area contributed by atoms with E-state index < -0.39 is 24.8 Å². The Kier molecular flexibility index (Phi) is 6.18. The normalized spacial score (nSPS) is 12.1. The highest BCUT2D eigenvalue weighted by molar-refractivity contribution is 5.84. The van der Waals surface area contributed by atoms with E-state index in [1.165, 1.54) is 6.07 Å². The zero-order chi connectivity index (χ0) is 20.1. The van der Waals surface area contributed by atoms with E-state index in [9.17, 15) is 22.0 Å². The average molecular weight is 398 g/mol. The third kappa shape index (κ3) is 5.22. The molecule has 0 bridgehead atoms. The summed E-state index contributed by atoms with van der Waals surface area (Å²) < 4.78 is 67.7. The van der Waals surface area contributed by atoms with Gasteiger partial charge in [-0.15, -0.1) is 0 Å². The minimum Gasteiger partial charge on any atom is -0.488 e. The lowest BCUT2D eigenvalue weighted by Crippen LogP contribution is -2.16. The molecule has 0 aliphatic carbocycles. The molecule has 0 aliphatic rings. The maximum atomic E-state index is 12.8. The lowest BCUT2D eigenvalue weighted by atomic mass is 10.1. The number of benzene rings is 2. The Morgan fingerprint density at radius 3 is 2.64 bits per heavy atom. The zero-order valence-corrected chi connectivity index (χ0v) is 14.8. The molecule has 0 saturated carbocycles. The van der Waals surface area contributed by atoms with E-state index in [0.717, 1.165) is 28.6 Å². The van der Waals surface area contributed by atoms with Gasteiger partial charge in [-0.25, -0.2) is 8.78 Å². The van der Waals surface area contributed by atoms with Gasteiger partial charge in [0.2, 0.25) is 0 Å². The monoisotopic (exact) mass is 398 g/mol. The van der Waals surface area contributed by atoms with E-state index in [4.69, 9.17) is 4.74 Å². The number of alkyl halides is 5. The van der Waals surface area contributed by atoms with E-state index in [1.807, 2.05) is 6.07 Å². The van der Waals surface area contributed by atoms with Gasteiger partial charge in [-0.2, -0.15) is 13.2 Å². The van der Waals surface area contributed by atoms with Gasteiger partial charge in [0.1, 0.15) is 12.4 Å². The van der Waals surface area contributed by atoms with Crippen molar-refractivity contribution in [2.45, 2.75) is 25.6 Å². The van der Waals surface area contributed by atoms with Crippen LogP contribution in [0.25, 0.3) is 10.9 Å². The van der Waals surface area contributed by atoms with Crippen LogP contribution < -0.4 is 10.1 Å². The van der Waals surface area contributed by atoms with E-state index in [-0.39, 0.29) is 0 Å². The number of fused-ring (bicyclic) bond motifs is 1. The first-order valence-corrected chi connectivity index (χ1v) is 8.71. The van der Waals surface area contributed by atoms with Crippen LogP contribution in [0.5, 0.6) is 5.75 Å². The molecule has 0 atom stereocenters. The summed E-state index contributed by atoms with van der Waals surface area (Å²) in [5, 5.41) is 4.00. The smallest absolute Gasteiger partial charge is 0.416 e. The third-order valence-electron chi connectivity index (χ3n) is 4.27. The fourth-order valence-electron chi connectivity index (χ4n) is 2.93. The summed E-state index contributed by atoms with van der Waals surface area (Å²) in [6, 6.07) is 10.6. The summed E-state index contributed by atoms with van der Waals surface area (Å²) in [7, 11) is 0. The molecule has 0 spiro atoms. The molecule has 1 aromatic heterocycles. The number of hydrogen-bond acceptors (Lipinski definition) is 2. The quantitative estimate of drug-likeness (QED) is 0.406. The first-order chi connectivity index (χ1) is 13.3. The Bertz CT molecular complexity index is 920. The van der Waals surface area contributed by atoms with Crippen molar-refractivity contribution < 1.29 is 26.7 Å². The van der Waals surface area contributed by atoms with Crippen molar-refractivity contribution in [2.75, 3.05) is 13.2 Å². The highest BCUT2D eigenvalue weighted by Crippen LogP contribution is 2.32. The maximum absolute atomic E-state index is 12.8. The van der Waals surface area contributed by atoms with Crippen molar-refractivity contribution in [1.82, 2.24) is 10.3 Å². The topological polar surface area (TPSA) is 37.0 Å². The van der Waals surface area contributed by atoms with Gasteiger partial charge in [-0.1, -0.05) is 18.2 Å². The van der Waals surface area contributed by atoms with Crippen molar-refractivity contribution in [3.63, 3.8) is 0 Å². The molecule has 0 saturated heterocycles. The first-order valence-electron chi connectivity index (χ1n) is 8.71. The predicted octanol–water partition coefficient (Wildman–Crippen LogP) is 5.16. The number of ether oxygens (including phenoxy) is 1. The van der Waals surface area contributed by atoms with Gasteiger partial charge in [0.25, 0.3) is 6.43 Å². The van der Waals surface area contributed by atoms with Gasteiger partial charge >= 0.3 is 6.18 Å². The molecular formula is C20H19F5N2O. The van der Waals surface area contributed by atoms with Crippen LogP contribution >= 0.6 is 0 Å². The number of H-pyrrole nitrogens is 1. The molecule has 150 valence electrons. The van der Waals surface area contributed by atoms with Crippen LogP contribution in [0, 0.1) is 0 Å². The molecule has 8 heteroatoms. The molecule has 0 fully saturated rings. The van der Waals surface area contributed by atoms with Crippen LogP contribution in [0.2, 0.25) is 0 Å². The molecule has 3 nitrogen and oxygen atoms in total. The second-order valence-corrected chi connectivity index (χ2v) is 6.35. The van der Waals surface area contributed by atoms with Gasteiger partial charge in [0, 0.05) is 23.6 Å². The van der Waals surface area contributed by atoms with Gasteiger partial charge in [0.05, 0.1) is 5.56 Å². The summed E-state index contributed by atoms with van der Waals surface area (Å²) >= 11 is 0. The lowest BCUT2D eigenvalue weighted by molar-refractivity contribution is -0.137. The predicted molar refractivity (Wildman–Crippen MR) is 96.7 cm³/mol. The number of aromatic amines is 1. The van der Waals surface area contributed by atoms with E-state index in [1.54, 1.807) is 24.4 Å². The van der Waals surface area contributed by atoms with E-state index >= 15 is 0 Å². The summed E-state index contributed by atoms with van der Waals surface area (Å²) in [5.74, 6) is 0.386. The maximum Gasteiger partial charge on any atom is 0.416 e. The number of aromatic nitrogens is 1. The van der Waals surface area contributed by atoms with Crippen molar-refractivity contribution in [2.24, 2.45) is 0 Å². The van der Waals surface area contributed by atoms with Crippen LogP contribution in [-0.4, -0.2) is 24.6 Å². The number of hydrogen-bond donors (Lipinski definition) is 2. The molecule has 3 aromatic rings. The van der Waals surface area contributed by atoms with Crippen LogP contribution in [0.4, 0.5) is 22.0 Å². The Labute approximate surface area is 158 Å². The molecule has 28 heavy (non-hydrogen) atoms. The highest BCUT2D eigenvalue weighted by atomic mass is 19.4. The van der Waals surface area contributed by atoms with Crippen molar-refractivity contribution in [3.05, 3.63) is 65.4 Å². The summed E-state index contributed by atoms with van der Waals surface area (Å²) in [5.41, 5.74) is 1.58. The molecule has 2 aromatic carbocycles. The largest absolute Gasteiger partial charge is 0.488 e. The highest BCUT2D eigenvalue weighted by Gasteiger charge is 2.30. The van der Waals surface area contributed by atoms with Crippen LogP contribution in [0.15, 0.2) is 48.7 Å². The van der Waals surface area contributed by atoms with Crippen LogP contribution in [0.1, 0.15) is 16.7 Å². The number of rotatable bonds is 8. The second-order valence-electron chi connectivity index (χ2n) is 6.35. The summed E-state index contributed by atoms with van der Waals surface area (Å²) in [6.45, 7) is 0.482. The lowest BCUT2D eigenvalue weighted by Gasteiger charge is -2.09. The Hall–Kier alpha value is -2.61. The van der Waals surface area contributed by atoms with Crippen molar-refractivity contribution in [3.8, 4) is 5.75 Å². The van der Waals surface area contributed by atoms with Crippen LogP contribution in [-0.2, 0) is 19.1 Å². The fraction of sp³-hybridized carbons (Fsp3) is 0.300. The first kappa shape index (κ1) is 20.1. The molecule has 3 rings (SSSR count). The SMILES string of the molecule is FC(F)COc1cccc(CNCCc2c[nH]c3cc(C(F)(F)F)ccc23)c1. The minimum atomic E-state index is -4.37. The number of halogens is 5. The molecule has 2 N–H and O–H groups in total. The minimum absolute atomic E-state index is 0.386. The number of nitrogens with one attached hydrogen (secondary N) is 2. The van der Waals surface area contributed by atoms with Crippen molar-refractivity contribution in [1.29, 1.82) is 0 Å². The van der Waals surface area contributed by atoms with Gasteiger partial charge in [-0.05, 0) is 48.4 Å². The van der Waals surface area contributed by atoms with E-state index in [2.05, 4.69) is 10.3 Å². The standard InChI is InChI=1S/C20H19F5N2O/c21-19(22)12-28-16-3-1-2-13(8-16)10-26-7-6-14-11-27-18-9-15(20(23,24)25)4-5-17(14)18/h1-5,8-9,11,19,26-27H,6-7,10,12H2. The van der Waals surface area contributed by atoms with Gasteiger partial charge < -0.3 is 15.0 Å². The van der Waals surface area contributed by atoms with Crippen LogP contribution in [0.3, 0.4) is 0 Å². The van der Waals surface area contributed by atoms with Gasteiger partial charge in [0.15, 0.2) is 0 Å².